The molecule has 0 saturated heterocycles. The van der Waals surface area contributed by atoms with Crippen LogP contribution >= 0.6 is 0 Å². The third kappa shape index (κ3) is 8.41. The van der Waals surface area contributed by atoms with Gasteiger partial charge < -0.3 is 13.6 Å². The number of carbonyl (C=O) groups excluding carboxylic acids is 1. The van der Waals surface area contributed by atoms with Crippen molar-refractivity contribution in [1.29, 1.82) is 0 Å². The zero-order chi connectivity index (χ0) is 20.9. The lowest BCUT2D eigenvalue weighted by molar-refractivity contribution is -0.274. The molecule has 0 heterocycles. The summed E-state index contributed by atoms with van der Waals surface area (Å²) in [7, 11) is -9.10. The summed E-state index contributed by atoms with van der Waals surface area (Å²) < 4.78 is 94.7. The molecule has 0 bridgehead atoms. The van der Waals surface area contributed by atoms with Gasteiger partial charge in [0, 0.05) is 16.2 Å². The number of halogens is 3. The van der Waals surface area contributed by atoms with E-state index in [-0.39, 0.29) is 18.6 Å². The number of esters is 1. The number of carbonyl (C=O) groups is 1. The molecule has 152 valence electrons. The van der Waals surface area contributed by atoms with Crippen LogP contribution in [0.2, 0.25) is 0 Å². The van der Waals surface area contributed by atoms with Gasteiger partial charge in [-0.3, -0.25) is 0 Å². The number of alkyl halides is 3. The Morgan fingerprint density at radius 1 is 1.15 bits per heavy atom. The van der Waals surface area contributed by atoms with Crippen molar-refractivity contribution in [3.8, 4) is 5.75 Å². The van der Waals surface area contributed by atoms with Crippen LogP contribution in [0.4, 0.5) is 13.2 Å². The normalized spacial score (nSPS) is 12.4. The summed E-state index contributed by atoms with van der Waals surface area (Å²) in [6.07, 6.45) is -5.17. The molecule has 0 N–H and O–H groups in total. The first-order valence-corrected chi connectivity index (χ1v) is 10.2. The Hall–Kier alpha value is -2.12. The molecule has 0 aliphatic carbocycles. The molecule has 27 heavy (non-hydrogen) atoms. The largest absolute Gasteiger partial charge is 0.573 e. The molecule has 0 unspecified atom stereocenters. The minimum absolute atomic E-state index is 0.114. The second-order valence-electron chi connectivity index (χ2n) is 5.12. The SMILES string of the molecule is C=C(C)C(=O)OCCCS(=O)(=O)[N-]S(=O)(=O)c1ccc(OC(F)(F)F)cc1. The molecule has 1 rings (SSSR count). The summed E-state index contributed by atoms with van der Waals surface area (Å²) in [5.74, 6) is -2.12. The van der Waals surface area contributed by atoms with E-state index in [0.717, 1.165) is 12.1 Å². The maximum absolute atomic E-state index is 12.1. The van der Waals surface area contributed by atoms with Gasteiger partial charge >= 0.3 is 12.3 Å². The quantitative estimate of drug-likeness (QED) is 0.335. The number of hydrogen-bond donors (Lipinski definition) is 0. The van der Waals surface area contributed by atoms with Crippen LogP contribution in [0.1, 0.15) is 13.3 Å². The van der Waals surface area contributed by atoms with Gasteiger partial charge in [-0.05, 0) is 37.6 Å². The molecule has 1 aromatic rings. The third-order valence-electron chi connectivity index (χ3n) is 2.70. The topological polar surface area (TPSA) is 118 Å². The highest BCUT2D eigenvalue weighted by molar-refractivity contribution is 8.12. The Bertz CT molecular complexity index is 892. The molecule has 0 aliphatic rings. The lowest BCUT2D eigenvalue weighted by Gasteiger charge is -2.20. The molecule has 13 heteroatoms. The highest BCUT2D eigenvalue weighted by atomic mass is 32.3. The first kappa shape index (κ1) is 22.9. The van der Waals surface area contributed by atoms with Gasteiger partial charge in [-0.25, -0.2) is 21.6 Å². The Morgan fingerprint density at radius 2 is 1.70 bits per heavy atom. The summed E-state index contributed by atoms with van der Waals surface area (Å²) in [5.41, 5.74) is 0.114. The Kier molecular flexibility index (Phi) is 7.40. The highest BCUT2D eigenvalue weighted by Crippen LogP contribution is 2.26. The summed E-state index contributed by atoms with van der Waals surface area (Å²) in [6, 6.07) is 2.87. The molecule has 0 spiro atoms. The van der Waals surface area contributed by atoms with E-state index in [2.05, 4.69) is 20.2 Å². The first-order valence-electron chi connectivity index (χ1n) is 7.12. The van der Waals surface area contributed by atoms with Crippen molar-refractivity contribution < 1.29 is 44.3 Å². The monoisotopic (exact) mass is 430 g/mol. The van der Waals surface area contributed by atoms with Crippen molar-refractivity contribution in [1.82, 2.24) is 0 Å². The molecule has 0 radical (unpaired) electrons. The lowest BCUT2D eigenvalue weighted by atomic mass is 10.3. The molecule has 0 amide bonds. The van der Waals surface area contributed by atoms with Crippen molar-refractivity contribution in [2.45, 2.75) is 24.6 Å². The predicted octanol–water partition coefficient (Wildman–Crippen LogP) is 2.49. The first-order chi connectivity index (χ1) is 12.2. The minimum Gasteiger partial charge on any atom is -0.462 e. The van der Waals surface area contributed by atoms with E-state index >= 15 is 0 Å². The average molecular weight is 430 g/mol. The van der Waals surface area contributed by atoms with Crippen molar-refractivity contribution >= 4 is 26.0 Å². The average Bonchev–Trinajstić information content (AvgIpc) is 2.49. The number of sulfonamides is 2. The maximum atomic E-state index is 12.1. The molecule has 0 aliphatic heterocycles. The molecular formula is C14H15F3NO7S2-. The summed E-state index contributed by atoms with van der Waals surface area (Å²) >= 11 is 0. The van der Waals surface area contributed by atoms with Crippen LogP contribution in [0.25, 0.3) is 4.13 Å². The van der Waals surface area contributed by atoms with Crippen molar-refractivity contribution in [2.24, 2.45) is 0 Å². The Morgan fingerprint density at radius 3 is 2.19 bits per heavy atom. The van der Waals surface area contributed by atoms with Gasteiger partial charge in [-0.1, -0.05) is 6.58 Å². The second-order valence-corrected chi connectivity index (χ2v) is 8.71. The number of hydrogen-bond acceptors (Lipinski definition) is 7. The summed E-state index contributed by atoms with van der Waals surface area (Å²) in [6.45, 7) is 4.44. The van der Waals surface area contributed by atoms with E-state index in [1.54, 1.807) is 0 Å². The van der Waals surface area contributed by atoms with Crippen molar-refractivity contribution in [2.75, 3.05) is 12.4 Å². The lowest BCUT2D eigenvalue weighted by Crippen LogP contribution is -2.17. The fourth-order valence-corrected chi connectivity index (χ4v) is 4.37. The Labute approximate surface area is 154 Å². The molecular weight excluding hydrogens is 415 g/mol. The fraction of sp³-hybridized carbons (Fsp3) is 0.357. The second kappa shape index (κ2) is 8.71. The van der Waals surface area contributed by atoms with Gasteiger partial charge in [0.2, 0.25) is 0 Å². The number of nitrogens with zero attached hydrogens (tertiary/aromatic N) is 1. The minimum atomic E-state index is -4.96. The third-order valence-corrected chi connectivity index (χ3v) is 6.06. The van der Waals surface area contributed by atoms with Crippen molar-refractivity contribution in [3.63, 3.8) is 0 Å². The van der Waals surface area contributed by atoms with Crippen LogP contribution in [0.3, 0.4) is 0 Å². The van der Waals surface area contributed by atoms with Gasteiger partial charge in [0.25, 0.3) is 0 Å². The van der Waals surface area contributed by atoms with E-state index in [1.807, 2.05) is 0 Å². The molecule has 8 nitrogen and oxygen atoms in total. The molecule has 0 fully saturated rings. The van der Waals surface area contributed by atoms with Gasteiger partial charge in [0.05, 0.1) is 16.6 Å². The van der Waals surface area contributed by atoms with Crippen LogP contribution in [-0.4, -0.2) is 41.5 Å². The number of ether oxygens (including phenoxy) is 2. The van der Waals surface area contributed by atoms with Crippen molar-refractivity contribution in [3.05, 3.63) is 40.5 Å². The van der Waals surface area contributed by atoms with Crippen LogP contribution < -0.4 is 4.74 Å². The van der Waals surface area contributed by atoms with Crippen LogP contribution in [0, 0.1) is 0 Å². The molecule has 0 saturated carbocycles. The highest BCUT2D eigenvalue weighted by Gasteiger charge is 2.31. The van der Waals surface area contributed by atoms with Gasteiger partial charge in [-0.15, -0.1) is 13.2 Å². The smallest absolute Gasteiger partial charge is 0.462 e. The van der Waals surface area contributed by atoms with Gasteiger partial charge in [-0.2, -0.15) is 0 Å². The van der Waals surface area contributed by atoms with E-state index in [4.69, 9.17) is 0 Å². The fourth-order valence-electron chi connectivity index (χ4n) is 1.57. The number of benzene rings is 1. The van der Waals surface area contributed by atoms with E-state index in [0.29, 0.717) is 12.1 Å². The van der Waals surface area contributed by atoms with E-state index < -0.39 is 48.8 Å². The zero-order valence-corrected chi connectivity index (χ0v) is 15.5. The van der Waals surface area contributed by atoms with Crippen LogP contribution in [0.5, 0.6) is 5.75 Å². The maximum Gasteiger partial charge on any atom is 0.573 e. The summed E-state index contributed by atoms with van der Waals surface area (Å²) in [4.78, 5) is 10.5. The molecule has 0 aromatic heterocycles. The van der Waals surface area contributed by atoms with Crippen LogP contribution in [0.15, 0.2) is 41.3 Å². The van der Waals surface area contributed by atoms with Gasteiger partial charge in [0.15, 0.2) is 0 Å². The Balaban J connectivity index is 2.69. The molecule has 1 aromatic carbocycles. The van der Waals surface area contributed by atoms with Crippen LogP contribution in [-0.2, 0) is 29.6 Å². The predicted molar refractivity (Wildman–Crippen MR) is 87.8 cm³/mol. The van der Waals surface area contributed by atoms with E-state index in [9.17, 15) is 34.8 Å². The van der Waals surface area contributed by atoms with E-state index in [1.165, 1.54) is 6.92 Å². The zero-order valence-electron chi connectivity index (χ0n) is 13.9. The standard InChI is InChI=1S/C14H15F3NO7S2/c1-10(2)13(19)24-8-3-9-26(20,21)18-27(22,23)12-6-4-11(5-7-12)25-14(15,16)17/h4-7H,1,3,8-9H2,2H3/q-1. The summed E-state index contributed by atoms with van der Waals surface area (Å²) in [5, 5.41) is 0. The molecule has 0 atom stereocenters. The number of rotatable bonds is 9. The van der Waals surface area contributed by atoms with Gasteiger partial charge in [0.1, 0.15) is 15.8 Å².